The van der Waals surface area contributed by atoms with Crippen LogP contribution in [-0.2, 0) is 0 Å². The average molecular weight is 454 g/mol. The van der Waals surface area contributed by atoms with Crippen LogP contribution in [0.25, 0.3) is 11.3 Å². The maximum Gasteiger partial charge on any atom is 0.277 e. The van der Waals surface area contributed by atoms with Gasteiger partial charge in [0, 0.05) is 28.4 Å². The Bertz CT molecular complexity index is 1380. The van der Waals surface area contributed by atoms with Gasteiger partial charge in [-0.15, -0.1) is 0 Å². The van der Waals surface area contributed by atoms with Gasteiger partial charge in [0.25, 0.3) is 5.91 Å². The highest BCUT2D eigenvalue weighted by Crippen LogP contribution is 2.47. The quantitative estimate of drug-likeness (QED) is 0.479. The van der Waals surface area contributed by atoms with E-state index >= 15 is 0 Å². The molecule has 0 aliphatic carbocycles. The van der Waals surface area contributed by atoms with Gasteiger partial charge in [0.15, 0.2) is 0 Å². The van der Waals surface area contributed by atoms with Gasteiger partial charge in [0.2, 0.25) is 0 Å². The van der Waals surface area contributed by atoms with Crippen molar-refractivity contribution in [3.63, 3.8) is 0 Å². The van der Waals surface area contributed by atoms with Crippen molar-refractivity contribution in [2.24, 2.45) is 0 Å². The van der Waals surface area contributed by atoms with E-state index in [2.05, 4.69) is 10.2 Å². The average Bonchev–Trinajstić information content (AvgIpc) is 3.43. The highest BCUT2D eigenvalue weighted by molar-refractivity contribution is 6.12. The van der Waals surface area contributed by atoms with Gasteiger partial charge in [-0.3, -0.25) is 14.8 Å². The van der Waals surface area contributed by atoms with E-state index in [4.69, 9.17) is 9.47 Å². The second-order valence-electron chi connectivity index (χ2n) is 7.75. The van der Waals surface area contributed by atoms with Crippen molar-refractivity contribution in [3.05, 3.63) is 95.2 Å². The number of amides is 1. The number of methoxy groups -OCH3 is 2. The van der Waals surface area contributed by atoms with Crippen LogP contribution in [0.2, 0.25) is 0 Å². The number of aromatic carboxylic acids is 1. The number of carboxylic acid groups (broad SMARTS) is 1. The first-order valence-electron chi connectivity index (χ1n) is 10.5. The summed E-state index contributed by atoms with van der Waals surface area (Å²) < 4.78 is 11.0. The summed E-state index contributed by atoms with van der Waals surface area (Å²) in [5.41, 5.74) is 3.88. The van der Waals surface area contributed by atoms with E-state index in [0.29, 0.717) is 34.1 Å². The van der Waals surface area contributed by atoms with Gasteiger partial charge in [-0.05, 0) is 29.8 Å². The van der Waals surface area contributed by atoms with Gasteiger partial charge < -0.3 is 19.4 Å². The fourth-order valence-electron chi connectivity index (χ4n) is 4.33. The van der Waals surface area contributed by atoms with Crippen LogP contribution >= 0.6 is 0 Å². The topological polar surface area (TPSA) is 108 Å². The van der Waals surface area contributed by atoms with Crippen molar-refractivity contribution >= 4 is 17.6 Å². The minimum absolute atomic E-state index is 0.0270. The standard InChI is InChI=1S/C26H21N3O5/c1-33-18-12-13-19(20(14-18)34-2)24-21-22(15-6-4-3-5-7-15)27-28-23(21)25(30)29(24)17-10-8-16(9-11-17)26(31)32/h3-14,24H,1-2H3,(H,27,28)(H,31,32)/p-1. The molecule has 1 atom stereocenters. The summed E-state index contributed by atoms with van der Waals surface area (Å²) in [6.45, 7) is 0. The lowest BCUT2D eigenvalue weighted by molar-refractivity contribution is -0.255. The zero-order chi connectivity index (χ0) is 23.8. The van der Waals surface area contributed by atoms with Crippen LogP contribution in [0, 0.1) is 0 Å². The van der Waals surface area contributed by atoms with E-state index in [9.17, 15) is 14.7 Å². The molecule has 34 heavy (non-hydrogen) atoms. The predicted octanol–water partition coefficient (Wildman–Crippen LogP) is 3.21. The molecule has 0 fully saturated rings. The van der Waals surface area contributed by atoms with Crippen LogP contribution in [0.5, 0.6) is 11.5 Å². The van der Waals surface area contributed by atoms with Gasteiger partial charge in [-0.25, -0.2) is 0 Å². The molecule has 0 saturated carbocycles. The summed E-state index contributed by atoms with van der Waals surface area (Å²) in [7, 11) is 3.13. The Morgan fingerprint density at radius 3 is 2.38 bits per heavy atom. The van der Waals surface area contributed by atoms with Crippen LogP contribution in [0.15, 0.2) is 72.8 Å². The number of carbonyl (C=O) groups is 2. The van der Waals surface area contributed by atoms with Gasteiger partial charge in [-0.2, -0.15) is 5.10 Å². The second-order valence-corrected chi connectivity index (χ2v) is 7.75. The zero-order valence-electron chi connectivity index (χ0n) is 18.4. The fourth-order valence-corrected chi connectivity index (χ4v) is 4.33. The van der Waals surface area contributed by atoms with Crippen molar-refractivity contribution < 1.29 is 24.2 Å². The molecule has 8 nitrogen and oxygen atoms in total. The molecule has 170 valence electrons. The van der Waals surface area contributed by atoms with Crippen LogP contribution < -0.4 is 19.5 Å². The van der Waals surface area contributed by atoms with Crippen molar-refractivity contribution in [2.75, 3.05) is 19.1 Å². The molecule has 4 aromatic rings. The SMILES string of the molecule is COc1ccc(C2c3c(-c4ccccc4)n[nH]c3C(=O)N2c2ccc(C(=O)[O-])cc2)c(OC)c1. The van der Waals surface area contributed by atoms with Gasteiger partial charge in [-0.1, -0.05) is 42.5 Å². The maximum atomic E-state index is 13.6. The zero-order valence-corrected chi connectivity index (χ0v) is 18.4. The Hall–Kier alpha value is -4.59. The molecule has 0 radical (unpaired) electrons. The van der Waals surface area contributed by atoms with E-state index in [1.807, 2.05) is 36.4 Å². The molecule has 1 unspecified atom stereocenters. The molecule has 3 aromatic carbocycles. The lowest BCUT2D eigenvalue weighted by atomic mass is 9.95. The Morgan fingerprint density at radius 2 is 1.74 bits per heavy atom. The number of anilines is 1. The number of fused-ring (bicyclic) bond motifs is 1. The number of H-pyrrole nitrogens is 1. The summed E-state index contributed by atoms with van der Waals surface area (Å²) >= 11 is 0. The summed E-state index contributed by atoms with van der Waals surface area (Å²) in [6.07, 6.45) is 0. The minimum atomic E-state index is -1.28. The van der Waals surface area contributed by atoms with Crippen molar-refractivity contribution in [3.8, 4) is 22.8 Å². The number of ether oxygens (including phenoxy) is 2. The highest BCUT2D eigenvalue weighted by Gasteiger charge is 2.44. The third-order valence-electron chi connectivity index (χ3n) is 5.93. The van der Waals surface area contributed by atoms with Gasteiger partial charge >= 0.3 is 0 Å². The first-order valence-corrected chi connectivity index (χ1v) is 10.5. The summed E-state index contributed by atoms with van der Waals surface area (Å²) in [6, 6.07) is 20.5. The number of benzene rings is 3. The maximum absolute atomic E-state index is 13.6. The van der Waals surface area contributed by atoms with Gasteiger partial charge in [0.1, 0.15) is 17.2 Å². The highest BCUT2D eigenvalue weighted by atomic mass is 16.5. The number of carboxylic acids is 1. The lowest BCUT2D eigenvalue weighted by Crippen LogP contribution is -2.30. The Labute approximate surface area is 195 Å². The van der Waals surface area contributed by atoms with Gasteiger partial charge in [0.05, 0.1) is 31.9 Å². The monoisotopic (exact) mass is 454 g/mol. The number of carbonyl (C=O) groups excluding carboxylic acids is 2. The van der Waals surface area contributed by atoms with Crippen LogP contribution in [0.1, 0.15) is 38.0 Å². The first-order chi connectivity index (χ1) is 16.5. The molecule has 0 spiro atoms. The second kappa shape index (κ2) is 8.40. The molecule has 5 rings (SSSR count). The lowest BCUT2D eigenvalue weighted by Gasteiger charge is -2.28. The minimum Gasteiger partial charge on any atom is -0.545 e. The largest absolute Gasteiger partial charge is 0.545 e. The molecule has 0 bridgehead atoms. The van der Waals surface area contributed by atoms with E-state index in [0.717, 1.165) is 11.1 Å². The molecular formula is C26H20N3O5-. The fraction of sp³-hybridized carbons (Fsp3) is 0.115. The number of nitrogens with zero attached hydrogens (tertiary/aromatic N) is 2. The number of nitrogens with one attached hydrogen (secondary N) is 1. The molecule has 1 amide bonds. The van der Waals surface area contributed by atoms with Crippen molar-refractivity contribution in [1.29, 1.82) is 0 Å². The van der Waals surface area contributed by atoms with E-state index in [1.165, 1.54) is 12.1 Å². The number of aromatic nitrogens is 2. The van der Waals surface area contributed by atoms with E-state index in [-0.39, 0.29) is 11.5 Å². The smallest absolute Gasteiger partial charge is 0.277 e. The van der Waals surface area contributed by atoms with Crippen molar-refractivity contribution in [2.45, 2.75) is 6.04 Å². The molecule has 8 heteroatoms. The third kappa shape index (κ3) is 3.36. The molecule has 1 N–H and O–H groups in total. The third-order valence-corrected chi connectivity index (χ3v) is 5.93. The first kappa shape index (κ1) is 21.3. The van der Waals surface area contributed by atoms with Crippen molar-refractivity contribution in [1.82, 2.24) is 10.2 Å². The number of aromatic amines is 1. The number of rotatable bonds is 6. The Morgan fingerprint density at radius 1 is 1.00 bits per heavy atom. The predicted molar refractivity (Wildman–Crippen MR) is 123 cm³/mol. The molecular weight excluding hydrogens is 434 g/mol. The van der Waals surface area contributed by atoms with E-state index in [1.54, 1.807) is 43.4 Å². The summed E-state index contributed by atoms with van der Waals surface area (Å²) in [4.78, 5) is 26.5. The number of hydrogen-bond donors (Lipinski definition) is 1. The Balaban J connectivity index is 1.73. The van der Waals surface area contributed by atoms with Crippen LogP contribution in [-0.4, -0.2) is 36.3 Å². The molecule has 2 heterocycles. The molecule has 1 aromatic heterocycles. The summed E-state index contributed by atoms with van der Waals surface area (Å²) in [5.74, 6) is -0.408. The summed E-state index contributed by atoms with van der Waals surface area (Å²) in [5, 5.41) is 18.6. The number of hydrogen-bond acceptors (Lipinski definition) is 6. The Kier molecular flexibility index (Phi) is 5.25. The molecule has 1 aliphatic rings. The van der Waals surface area contributed by atoms with Crippen LogP contribution in [0.3, 0.4) is 0 Å². The van der Waals surface area contributed by atoms with Crippen LogP contribution in [0.4, 0.5) is 5.69 Å². The molecule has 0 saturated heterocycles. The van der Waals surface area contributed by atoms with E-state index < -0.39 is 12.0 Å². The normalized spacial score (nSPS) is 14.7. The molecule has 1 aliphatic heterocycles.